The minimum Gasteiger partial charge on any atom is -0.465 e. The van der Waals surface area contributed by atoms with Crippen molar-refractivity contribution in [3.8, 4) is 6.07 Å². The molecule has 1 aromatic rings. The molecule has 1 rings (SSSR count). The number of nitrogens with zero attached hydrogens (tertiary/aromatic N) is 1. The topological polar surface area (TPSA) is 88.4 Å². The Morgan fingerprint density at radius 1 is 1.35 bits per heavy atom. The van der Waals surface area contributed by atoms with Gasteiger partial charge in [-0.2, -0.15) is 5.26 Å². The van der Waals surface area contributed by atoms with Crippen molar-refractivity contribution >= 4 is 17.6 Å². The molecule has 0 aliphatic heterocycles. The summed E-state index contributed by atoms with van der Waals surface area (Å²) >= 11 is 0. The van der Waals surface area contributed by atoms with Gasteiger partial charge in [-0.25, -0.2) is 9.59 Å². The molecule has 0 atom stereocenters. The van der Waals surface area contributed by atoms with Crippen LogP contribution < -0.4 is 5.32 Å². The van der Waals surface area contributed by atoms with Crippen molar-refractivity contribution in [3.63, 3.8) is 0 Å². The molecule has 20 heavy (non-hydrogen) atoms. The fourth-order valence-corrected chi connectivity index (χ4v) is 1.32. The first-order valence-electron chi connectivity index (χ1n) is 5.84. The summed E-state index contributed by atoms with van der Waals surface area (Å²) in [5, 5.41) is 11.5. The fraction of sp³-hybridized carbons (Fsp3) is 0.214. The summed E-state index contributed by atoms with van der Waals surface area (Å²) < 4.78 is 9.29. The van der Waals surface area contributed by atoms with E-state index in [1.165, 1.54) is 13.3 Å². The van der Waals surface area contributed by atoms with E-state index in [2.05, 4.69) is 10.1 Å². The first kappa shape index (κ1) is 15.2. The molecule has 0 saturated carbocycles. The van der Waals surface area contributed by atoms with E-state index in [1.54, 1.807) is 37.3 Å². The maximum absolute atomic E-state index is 11.4. The first-order chi connectivity index (χ1) is 9.62. The Kier molecular flexibility index (Phi) is 5.78. The van der Waals surface area contributed by atoms with Gasteiger partial charge in [-0.3, -0.25) is 0 Å². The average Bonchev–Trinajstić information content (AvgIpc) is 2.48. The van der Waals surface area contributed by atoms with Crippen LogP contribution in [-0.4, -0.2) is 25.7 Å². The van der Waals surface area contributed by atoms with Crippen molar-refractivity contribution < 1.29 is 19.1 Å². The Morgan fingerprint density at radius 3 is 2.50 bits per heavy atom. The number of rotatable bonds is 5. The van der Waals surface area contributed by atoms with E-state index in [9.17, 15) is 9.59 Å². The van der Waals surface area contributed by atoms with Crippen LogP contribution >= 0.6 is 0 Å². The lowest BCUT2D eigenvalue weighted by Crippen LogP contribution is -2.06. The van der Waals surface area contributed by atoms with E-state index >= 15 is 0 Å². The van der Waals surface area contributed by atoms with Gasteiger partial charge in [0.05, 0.1) is 19.3 Å². The summed E-state index contributed by atoms with van der Waals surface area (Å²) in [6, 6.07) is 8.15. The van der Waals surface area contributed by atoms with Crippen LogP contribution in [0.2, 0.25) is 0 Å². The number of nitriles is 1. The lowest BCUT2D eigenvalue weighted by atomic mass is 10.2. The summed E-state index contributed by atoms with van der Waals surface area (Å²) in [5.74, 6) is -1.12. The van der Waals surface area contributed by atoms with Crippen LogP contribution in [0.1, 0.15) is 17.3 Å². The van der Waals surface area contributed by atoms with Crippen molar-refractivity contribution in [1.82, 2.24) is 0 Å². The van der Waals surface area contributed by atoms with E-state index in [4.69, 9.17) is 10.00 Å². The van der Waals surface area contributed by atoms with Crippen LogP contribution in [0.4, 0.5) is 5.69 Å². The minimum atomic E-state index is -0.719. The second-order valence-electron chi connectivity index (χ2n) is 3.60. The molecule has 104 valence electrons. The Morgan fingerprint density at radius 2 is 2.00 bits per heavy atom. The third-order valence-electron chi connectivity index (χ3n) is 2.30. The van der Waals surface area contributed by atoms with Gasteiger partial charge in [0.2, 0.25) is 0 Å². The highest BCUT2D eigenvalue weighted by molar-refractivity contribution is 5.93. The van der Waals surface area contributed by atoms with Gasteiger partial charge in [-0.15, -0.1) is 0 Å². The van der Waals surface area contributed by atoms with Gasteiger partial charge in [-0.05, 0) is 31.2 Å². The minimum absolute atomic E-state index is 0.151. The van der Waals surface area contributed by atoms with Gasteiger partial charge in [0.1, 0.15) is 6.07 Å². The smallest absolute Gasteiger partial charge is 0.350 e. The lowest BCUT2D eigenvalue weighted by Gasteiger charge is -2.04. The van der Waals surface area contributed by atoms with Gasteiger partial charge in [-0.1, -0.05) is 0 Å². The fourth-order valence-electron chi connectivity index (χ4n) is 1.32. The second kappa shape index (κ2) is 7.59. The molecule has 0 bridgehead atoms. The molecule has 1 N–H and O–H groups in total. The highest BCUT2D eigenvalue weighted by atomic mass is 16.5. The van der Waals surface area contributed by atoms with E-state index in [-0.39, 0.29) is 5.57 Å². The molecule has 0 saturated heterocycles. The van der Waals surface area contributed by atoms with Crippen LogP contribution in [0.15, 0.2) is 36.0 Å². The van der Waals surface area contributed by atoms with E-state index < -0.39 is 11.9 Å². The zero-order chi connectivity index (χ0) is 15.0. The maximum Gasteiger partial charge on any atom is 0.350 e. The normalized spacial score (nSPS) is 10.3. The zero-order valence-corrected chi connectivity index (χ0v) is 11.2. The number of hydrogen-bond acceptors (Lipinski definition) is 6. The Balaban J connectivity index is 2.76. The standard InChI is InChI=1S/C14H14N2O4/c1-3-20-14(18)10-4-6-12(7-5-10)16-9-11(8-15)13(17)19-2/h4-7,9,16H,3H2,1-2H3/b11-9+. The summed E-state index contributed by atoms with van der Waals surface area (Å²) in [5.41, 5.74) is 0.895. The SMILES string of the molecule is CCOC(=O)c1ccc(N/C=C(\C#N)C(=O)OC)cc1. The molecular formula is C14H14N2O4. The van der Waals surface area contributed by atoms with Crippen LogP contribution in [0, 0.1) is 11.3 Å². The molecule has 6 nitrogen and oxygen atoms in total. The van der Waals surface area contributed by atoms with Gasteiger partial charge >= 0.3 is 11.9 Å². The van der Waals surface area contributed by atoms with Crippen LogP contribution in [0.25, 0.3) is 0 Å². The molecule has 6 heteroatoms. The molecule has 0 aliphatic carbocycles. The average molecular weight is 274 g/mol. The molecule has 0 aromatic heterocycles. The molecular weight excluding hydrogens is 260 g/mol. The number of benzene rings is 1. The highest BCUT2D eigenvalue weighted by Crippen LogP contribution is 2.11. The van der Waals surface area contributed by atoms with E-state index in [1.807, 2.05) is 0 Å². The summed E-state index contributed by atoms with van der Waals surface area (Å²) in [6.45, 7) is 2.04. The van der Waals surface area contributed by atoms with Gasteiger partial charge in [0.15, 0.2) is 5.57 Å². The Bertz CT molecular complexity index is 556. The Labute approximate surface area is 116 Å². The van der Waals surface area contributed by atoms with Crippen molar-refractivity contribution in [2.24, 2.45) is 0 Å². The highest BCUT2D eigenvalue weighted by Gasteiger charge is 2.08. The number of esters is 2. The predicted molar refractivity (Wildman–Crippen MR) is 71.7 cm³/mol. The summed E-state index contributed by atoms with van der Waals surface area (Å²) in [7, 11) is 1.20. The second-order valence-corrected chi connectivity index (χ2v) is 3.60. The Hall–Kier alpha value is -2.81. The molecule has 0 radical (unpaired) electrons. The molecule has 0 spiro atoms. The van der Waals surface area contributed by atoms with Crippen LogP contribution in [0.5, 0.6) is 0 Å². The third kappa shape index (κ3) is 4.14. The van der Waals surface area contributed by atoms with Crippen LogP contribution in [0.3, 0.4) is 0 Å². The lowest BCUT2D eigenvalue weighted by molar-refractivity contribution is -0.135. The largest absolute Gasteiger partial charge is 0.465 e. The number of carbonyl (C=O) groups is 2. The molecule has 0 aliphatic rings. The predicted octanol–water partition coefficient (Wildman–Crippen LogP) is 1.86. The van der Waals surface area contributed by atoms with E-state index in [0.717, 1.165) is 0 Å². The van der Waals surface area contributed by atoms with Gasteiger partial charge < -0.3 is 14.8 Å². The van der Waals surface area contributed by atoms with Gasteiger partial charge in [0.25, 0.3) is 0 Å². The van der Waals surface area contributed by atoms with Crippen molar-refractivity contribution in [3.05, 3.63) is 41.6 Å². The van der Waals surface area contributed by atoms with Gasteiger partial charge in [0, 0.05) is 11.9 Å². The molecule has 0 heterocycles. The monoisotopic (exact) mass is 274 g/mol. The molecule has 1 aromatic carbocycles. The van der Waals surface area contributed by atoms with Crippen molar-refractivity contribution in [2.75, 3.05) is 19.0 Å². The quantitative estimate of drug-likeness (QED) is 0.501. The summed E-state index contributed by atoms with van der Waals surface area (Å²) in [6.07, 6.45) is 1.24. The van der Waals surface area contributed by atoms with Crippen LogP contribution in [-0.2, 0) is 14.3 Å². The number of nitrogens with one attached hydrogen (secondary N) is 1. The maximum atomic E-state index is 11.4. The molecule has 0 unspecified atom stereocenters. The number of methoxy groups -OCH3 is 1. The van der Waals surface area contributed by atoms with Crippen molar-refractivity contribution in [1.29, 1.82) is 5.26 Å². The van der Waals surface area contributed by atoms with E-state index in [0.29, 0.717) is 17.9 Å². The third-order valence-corrected chi connectivity index (χ3v) is 2.30. The zero-order valence-electron chi connectivity index (χ0n) is 11.2. The number of anilines is 1. The number of hydrogen-bond donors (Lipinski definition) is 1. The summed E-state index contributed by atoms with van der Waals surface area (Å²) in [4.78, 5) is 22.6. The first-order valence-corrected chi connectivity index (χ1v) is 5.84. The molecule has 0 fully saturated rings. The van der Waals surface area contributed by atoms with Crippen molar-refractivity contribution in [2.45, 2.75) is 6.92 Å². The number of carbonyl (C=O) groups excluding carboxylic acids is 2. The molecule has 0 amide bonds. The number of ether oxygens (including phenoxy) is 2.